The Bertz CT molecular complexity index is 1030. The van der Waals surface area contributed by atoms with Crippen molar-refractivity contribution in [2.24, 2.45) is 11.7 Å². The second-order valence-corrected chi connectivity index (χ2v) is 10.3. The van der Waals surface area contributed by atoms with Crippen molar-refractivity contribution in [2.75, 3.05) is 25.0 Å². The van der Waals surface area contributed by atoms with E-state index in [9.17, 15) is 14.4 Å². The number of rotatable bonds is 12. The number of piperidine rings is 1. The Morgan fingerprint density at radius 1 is 1.19 bits per heavy atom. The fourth-order valence-corrected chi connectivity index (χ4v) is 4.26. The largest absolute Gasteiger partial charge is 0.374 e. The molecule has 4 N–H and O–H groups in total. The molecule has 1 aromatic carbocycles. The van der Waals surface area contributed by atoms with Gasteiger partial charge in [-0.15, -0.1) is 0 Å². The lowest BCUT2D eigenvalue weighted by Gasteiger charge is -2.32. The van der Waals surface area contributed by atoms with E-state index in [0.717, 1.165) is 31.5 Å². The fourth-order valence-electron chi connectivity index (χ4n) is 4.26. The van der Waals surface area contributed by atoms with E-state index in [1.54, 1.807) is 24.6 Å². The molecule has 1 atom stereocenters. The van der Waals surface area contributed by atoms with Gasteiger partial charge in [-0.2, -0.15) is 0 Å². The number of nitrogens with zero attached hydrogens (tertiary/aromatic N) is 3. The predicted molar refractivity (Wildman–Crippen MR) is 141 cm³/mol. The minimum atomic E-state index is -1.16. The van der Waals surface area contributed by atoms with Crippen LogP contribution in [-0.2, 0) is 32.3 Å². The van der Waals surface area contributed by atoms with Crippen LogP contribution in [0.25, 0.3) is 0 Å². The molecule has 202 valence electrons. The molecular formula is C27H40N6O4. The van der Waals surface area contributed by atoms with Crippen LogP contribution in [0, 0.1) is 5.92 Å². The van der Waals surface area contributed by atoms with Gasteiger partial charge in [-0.25, -0.2) is 4.98 Å². The third kappa shape index (κ3) is 8.98. The molecule has 0 bridgehead atoms. The smallest absolute Gasteiger partial charge is 0.250 e. The van der Waals surface area contributed by atoms with Gasteiger partial charge in [0, 0.05) is 19.3 Å². The van der Waals surface area contributed by atoms with Crippen LogP contribution in [0.15, 0.2) is 42.9 Å². The molecule has 37 heavy (non-hydrogen) atoms. The Morgan fingerprint density at radius 2 is 1.89 bits per heavy atom. The van der Waals surface area contributed by atoms with Crippen molar-refractivity contribution >= 4 is 23.5 Å². The van der Waals surface area contributed by atoms with Gasteiger partial charge in [-0.1, -0.05) is 50.1 Å². The lowest BCUT2D eigenvalue weighted by atomic mass is 9.92. The van der Waals surface area contributed by atoms with E-state index in [-0.39, 0.29) is 24.9 Å². The maximum Gasteiger partial charge on any atom is 0.250 e. The van der Waals surface area contributed by atoms with E-state index < -0.39 is 23.4 Å². The highest BCUT2D eigenvalue weighted by Crippen LogP contribution is 2.22. The molecule has 1 aromatic heterocycles. The van der Waals surface area contributed by atoms with Gasteiger partial charge in [0.15, 0.2) is 5.82 Å². The van der Waals surface area contributed by atoms with Gasteiger partial charge in [-0.05, 0) is 38.2 Å². The highest BCUT2D eigenvalue weighted by atomic mass is 16.5. The SMILES string of the molecule is CCCC1CCN(C(=O)Cn2cnc(NC(=O)C(COCc3ccccc3)NC(=O)C(C)(C)N)c2)CC1. The van der Waals surface area contributed by atoms with Crippen LogP contribution < -0.4 is 16.4 Å². The van der Waals surface area contributed by atoms with Crippen LogP contribution in [0.5, 0.6) is 0 Å². The average Bonchev–Trinajstić information content (AvgIpc) is 3.30. The van der Waals surface area contributed by atoms with E-state index >= 15 is 0 Å². The number of nitrogens with two attached hydrogens (primary N) is 1. The second kappa shape index (κ2) is 13.3. The molecule has 3 amide bonds. The van der Waals surface area contributed by atoms with Gasteiger partial charge in [0.1, 0.15) is 12.6 Å². The number of benzene rings is 1. The summed E-state index contributed by atoms with van der Waals surface area (Å²) in [4.78, 5) is 44.3. The molecule has 0 radical (unpaired) electrons. The Kier molecular flexibility index (Phi) is 10.2. The molecule has 3 rings (SSSR count). The number of anilines is 1. The lowest BCUT2D eigenvalue weighted by molar-refractivity contribution is -0.133. The molecular weight excluding hydrogens is 472 g/mol. The molecule has 1 fully saturated rings. The summed E-state index contributed by atoms with van der Waals surface area (Å²) in [5.41, 5.74) is 5.68. The molecule has 1 saturated heterocycles. The minimum Gasteiger partial charge on any atom is -0.374 e. The molecule has 10 nitrogen and oxygen atoms in total. The molecule has 2 heterocycles. The zero-order chi connectivity index (χ0) is 26.8. The molecule has 0 saturated carbocycles. The monoisotopic (exact) mass is 512 g/mol. The van der Waals surface area contributed by atoms with Crippen LogP contribution in [0.1, 0.15) is 52.0 Å². The highest BCUT2D eigenvalue weighted by molar-refractivity contribution is 5.98. The van der Waals surface area contributed by atoms with E-state index in [2.05, 4.69) is 22.5 Å². The Hall–Kier alpha value is -3.24. The maximum atomic E-state index is 13.0. The van der Waals surface area contributed by atoms with E-state index in [0.29, 0.717) is 12.5 Å². The molecule has 2 aromatic rings. The summed E-state index contributed by atoms with van der Waals surface area (Å²) in [6, 6.07) is 8.56. The fraction of sp³-hybridized carbons (Fsp3) is 0.556. The molecule has 1 aliphatic rings. The topological polar surface area (TPSA) is 132 Å². The summed E-state index contributed by atoms with van der Waals surface area (Å²) in [6.07, 6.45) is 7.60. The van der Waals surface area contributed by atoms with E-state index in [1.807, 2.05) is 35.2 Å². The van der Waals surface area contributed by atoms with Crippen LogP contribution in [0.4, 0.5) is 5.82 Å². The summed E-state index contributed by atoms with van der Waals surface area (Å²) < 4.78 is 7.36. The Labute approximate surface area is 218 Å². The Morgan fingerprint density at radius 3 is 2.54 bits per heavy atom. The van der Waals surface area contributed by atoms with Gasteiger partial charge in [0.2, 0.25) is 11.8 Å². The molecule has 1 unspecified atom stereocenters. The lowest BCUT2D eigenvalue weighted by Crippen LogP contribution is -2.56. The van der Waals surface area contributed by atoms with Crippen LogP contribution in [-0.4, -0.2) is 63.4 Å². The first-order valence-electron chi connectivity index (χ1n) is 13.0. The molecule has 1 aliphatic heterocycles. The zero-order valence-electron chi connectivity index (χ0n) is 22.1. The highest BCUT2D eigenvalue weighted by Gasteiger charge is 2.29. The van der Waals surface area contributed by atoms with Gasteiger partial charge in [0.25, 0.3) is 5.91 Å². The summed E-state index contributed by atoms with van der Waals surface area (Å²) in [5, 5.41) is 5.37. The number of aromatic nitrogens is 2. The van der Waals surface area contributed by atoms with E-state index in [1.165, 1.54) is 19.2 Å². The van der Waals surface area contributed by atoms with Crippen molar-refractivity contribution in [3.05, 3.63) is 48.4 Å². The first-order valence-corrected chi connectivity index (χ1v) is 13.0. The standard InChI is InChI=1S/C27H40N6O4/c1-4-8-20-11-13-33(14-12-20)24(34)16-32-15-23(29-19-32)31-25(35)22(30-26(36)27(2,3)28)18-37-17-21-9-6-5-7-10-21/h5-7,9-10,15,19-20,22H,4,8,11-14,16-18,28H2,1-3H3,(H,30,36)(H,31,35). The van der Waals surface area contributed by atoms with Crippen molar-refractivity contribution in [3.63, 3.8) is 0 Å². The van der Waals surface area contributed by atoms with Crippen LogP contribution in [0.2, 0.25) is 0 Å². The maximum absolute atomic E-state index is 13.0. The predicted octanol–water partition coefficient (Wildman–Crippen LogP) is 2.30. The zero-order valence-corrected chi connectivity index (χ0v) is 22.1. The minimum absolute atomic E-state index is 0.0369. The molecule has 10 heteroatoms. The number of nitrogens with one attached hydrogen (secondary N) is 2. The quantitative estimate of drug-likeness (QED) is 0.400. The normalized spacial score (nSPS) is 15.3. The third-order valence-corrected chi connectivity index (χ3v) is 6.47. The van der Waals surface area contributed by atoms with Gasteiger partial charge < -0.3 is 30.6 Å². The van der Waals surface area contributed by atoms with Crippen molar-refractivity contribution < 1.29 is 19.1 Å². The first kappa shape index (κ1) is 28.3. The van der Waals surface area contributed by atoms with Crippen molar-refractivity contribution in [1.29, 1.82) is 0 Å². The number of hydrogen-bond donors (Lipinski definition) is 3. The number of hydrogen-bond acceptors (Lipinski definition) is 6. The van der Waals surface area contributed by atoms with E-state index in [4.69, 9.17) is 10.5 Å². The van der Waals surface area contributed by atoms with Crippen molar-refractivity contribution in [2.45, 2.75) is 71.2 Å². The molecule has 0 aliphatic carbocycles. The Balaban J connectivity index is 1.55. The summed E-state index contributed by atoms with van der Waals surface area (Å²) >= 11 is 0. The third-order valence-electron chi connectivity index (χ3n) is 6.47. The summed E-state index contributed by atoms with van der Waals surface area (Å²) in [6.45, 7) is 7.28. The van der Waals surface area contributed by atoms with Gasteiger partial charge in [-0.3, -0.25) is 14.4 Å². The van der Waals surface area contributed by atoms with Crippen molar-refractivity contribution in [3.8, 4) is 0 Å². The number of ether oxygens (including phenoxy) is 1. The van der Waals surface area contributed by atoms with Gasteiger partial charge >= 0.3 is 0 Å². The van der Waals surface area contributed by atoms with Crippen LogP contribution >= 0.6 is 0 Å². The molecule has 0 spiro atoms. The van der Waals surface area contributed by atoms with Gasteiger partial charge in [0.05, 0.1) is 25.1 Å². The average molecular weight is 513 g/mol. The first-order chi connectivity index (χ1) is 17.7. The summed E-state index contributed by atoms with van der Waals surface area (Å²) in [7, 11) is 0. The number of carbonyl (C=O) groups is 3. The van der Waals surface area contributed by atoms with Crippen LogP contribution in [0.3, 0.4) is 0 Å². The summed E-state index contributed by atoms with van der Waals surface area (Å²) in [5.74, 6) is 0.0673. The second-order valence-electron chi connectivity index (χ2n) is 10.3. The van der Waals surface area contributed by atoms with Crippen molar-refractivity contribution in [1.82, 2.24) is 19.8 Å². The number of carbonyl (C=O) groups excluding carboxylic acids is 3. The number of likely N-dealkylation sites (tertiary alicyclic amines) is 1. The number of amides is 3. The number of imidazole rings is 1.